The first kappa shape index (κ1) is 10.2. The molecule has 0 spiro atoms. The van der Waals surface area contributed by atoms with Crippen molar-refractivity contribution in [1.29, 1.82) is 0 Å². The van der Waals surface area contributed by atoms with E-state index in [1.807, 2.05) is 0 Å². The van der Waals surface area contributed by atoms with E-state index in [9.17, 15) is 4.21 Å². The van der Waals surface area contributed by atoms with Crippen molar-refractivity contribution >= 4 is 29.3 Å². The van der Waals surface area contributed by atoms with Crippen molar-refractivity contribution in [3.8, 4) is 0 Å². The molecular formula is C7H10BNO3S. The molecule has 1 rings (SSSR count). The molecule has 0 heterocycles. The third-order valence-corrected chi connectivity index (χ3v) is 2.00. The van der Waals surface area contributed by atoms with Crippen LogP contribution in [0.15, 0.2) is 24.3 Å². The molecule has 1 aromatic rings. The number of nitrogens with one attached hydrogen (secondary N) is 1. The summed E-state index contributed by atoms with van der Waals surface area (Å²) < 4.78 is 13.4. The van der Waals surface area contributed by atoms with E-state index < -0.39 is 18.1 Å². The Morgan fingerprint density at radius 3 is 2.54 bits per heavy atom. The fourth-order valence-corrected chi connectivity index (χ4v) is 1.47. The predicted molar refractivity (Wildman–Crippen MR) is 54.0 cm³/mol. The van der Waals surface area contributed by atoms with Crippen molar-refractivity contribution in [3.05, 3.63) is 24.3 Å². The molecule has 1 atom stereocenters. The number of benzene rings is 1. The van der Waals surface area contributed by atoms with Crippen LogP contribution >= 0.6 is 0 Å². The summed E-state index contributed by atoms with van der Waals surface area (Å²) in [6.07, 6.45) is 1.47. The molecule has 0 aromatic heterocycles. The van der Waals surface area contributed by atoms with Gasteiger partial charge in [0.1, 0.15) is 11.0 Å². The van der Waals surface area contributed by atoms with Crippen LogP contribution in [0.1, 0.15) is 0 Å². The van der Waals surface area contributed by atoms with E-state index in [2.05, 4.69) is 4.72 Å². The summed E-state index contributed by atoms with van der Waals surface area (Å²) in [7, 11) is -2.76. The summed E-state index contributed by atoms with van der Waals surface area (Å²) in [6, 6.07) is 6.59. The molecule has 0 bridgehead atoms. The van der Waals surface area contributed by atoms with Crippen LogP contribution < -0.4 is 10.2 Å². The number of hydrogen-bond acceptors (Lipinski definition) is 3. The van der Waals surface area contributed by atoms with Crippen LogP contribution in [0.4, 0.5) is 5.69 Å². The maximum atomic E-state index is 10.8. The van der Waals surface area contributed by atoms with Gasteiger partial charge < -0.3 is 14.8 Å². The molecule has 0 aliphatic heterocycles. The van der Waals surface area contributed by atoms with Crippen molar-refractivity contribution in [2.75, 3.05) is 11.0 Å². The summed E-state index contributed by atoms with van der Waals surface area (Å²) in [6.45, 7) is 0. The zero-order chi connectivity index (χ0) is 9.84. The summed E-state index contributed by atoms with van der Waals surface area (Å²) >= 11 is 0. The van der Waals surface area contributed by atoms with E-state index in [0.29, 0.717) is 11.2 Å². The minimum atomic E-state index is -1.55. The third-order valence-electron chi connectivity index (χ3n) is 1.49. The van der Waals surface area contributed by atoms with Crippen LogP contribution in [0.25, 0.3) is 0 Å². The fraction of sp³-hybridized carbons (Fsp3) is 0.143. The Labute approximate surface area is 79.3 Å². The third kappa shape index (κ3) is 2.84. The summed E-state index contributed by atoms with van der Waals surface area (Å²) in [5, 5.41) is 17.9. The minimum absolute atomic E-state index is 0.317. The van der Waals surface area contributed by atoms with Crippen LogP contribution in [-0.4, -0.2) is 27.6 Å². The van der Waals surface area contributed by atoms with Gasteiger partial charge in [0.15, 0.2) is 0 Å². The number of para-hydroxylation sites is 1. The monoisotopic (exact) mass is 199 g/mol. The van der Waals surface area contributed by atoms with Gasteiger partial charge in [0.25, 0.3) is 0 Å². The smallest absolute Gasteiger partial charge is 0.423 e. The SMILES string of the molecule is CS(=O)Nc1ccccc1B(O)O. The Kier molecular flexibility index (Phi) is 3.47. The van der Waals surface area contributed by atoms with Gasteiger partial charge in [-0.3, -0.25) is 0 Å². The standard InChI is InChI=1S/C7H10BNO3S/c1-13(12)9-7-5-3-2-4-6(7)8(10)11/h2-5,9-11H,1H3. The molecule has 1 aromatic carbocycles. The van der Waals surface area contributed by atoms with Crippen molar-refractivity contribution in [2.45, 2.75) is 0 Å². The molecule has 0 saturated heterocycles. The van der Waals surface area contributed by atoms with Crippen molar-refractivity contribution < 1.29 is 14.3 Å². The van der Waals surface area contributed by atoms with Crippen LogP contribution in [0.5, 0.6) is 0 Å². The van der Waals surface area contributed by atoms with E-state index in [1.165, 1.54) is 6.26 Å². The Hall–Kier alpha value is -0.845. The molecule has 4 nitrogen and oxygen atoms in total. The topological polar surface area (TPSA) is 69.6 Å². The highest BCUT2D eigenvalue weighted by Crippen LogP contribution is 2.03. The summed E-state index contributed by atoms with van der Waals surface area (Å²) in [4.78, 5) is 0. The van der Waals surface area contributed by atoms with Gasteiger partial charge in [-0.25, -0.2) is 4.21 Å². The van der Waals surface area contributed by atoms with Gasteiger partial charge in [0.2, 0.25) is 0 Å². The van der Waals surface area contributed by atoms with Crippen molar-refractivity contribution in [3.63, 3.8) is 0 Å². The molecule has 0 aliphatic rings. The summed E-state index contributed by atoms with van der Waals surface area (Å²) in [5.41, 5.74) is 0.788. The number of anilines is 1. The summed E-state index contributed by atoms with van der Waals surface area (Å²) in [5.74, 6) is 0. The molecule has 0 amide bonds. The molecular weight excluding hydrogens is 189 g/mol. The first-order valence-corrected chi connectivity index (χ1v) is 5.22. The maximum Gasteiger partial charge on any atom is 0.490 e. The molecule has 0 radical (unpaired) electrons. The van der Waals surface area contributed by atoms with Crippen molar-refractivity contribution in [1.82, 2.24) is 0 Å². The lowest BCUT2D eigenvalue weighted by Crippen LogP contribution is -2.32. The van der Waals surface area contributed by atoms with Crippen LogP contribution in [0, 0.1) is 0 Å². The first-order valence-electron chi connectivity index (χ1n) is 3.66. The van der Waals surface area contributed by atoms with Crippen molar-refractivity contribution in [2.24, 2.45) is 0 Å². The van der Waals surface area contributed by atoms with E-state index in [0.717, 1.165) is 0 Å². The van der Waals surface area contributed by atoms with Gasteiger partial charge in [0, 0.05) is 17.4 Å². The van der Waals surface area contributed by atoms with Crippen LogP contribution in [-0.2, 0) is 11.0 Å². The lowest BCUT2D eigenvalue weighted by molar-refractivity contribution is 0.426. The zero-order valence-electron chi connectivity index (χ0n) is 7.10. The highest BCUT2D eigenvalue weighted by Gasteiger charge is 2.15. The molecule has 13 heavy (non-hydrogen) atoms. The van der Waals surface area contributed by atoms with Gasteiger partial charge in [-0.2, -0.15) is 0 Å². The average molecular weight is 199 g/mol. The van der Waals surface area contributed by atoms with Crippen LogP contribution in [0.3, 0.4) is 0 Å². The van der Waals surface area contributed by atoms with E-state index in [4.69, 9.17) is 10.0 Å². The Bertz CT molecular complexity index is 318. The van der Waals surface area contributed by atoms with Gasteiger partial charge in [-0.05, 0) is 6.07 Å². The van der Waals surface area contributed by atoms with E-state index in [-0.39, 0.29) is 0 Å². The lowest BCUT2D eigenvalue weighted by atomic mass is 9.79. The highest BCUT2D eigenvalue weighted by atomic mass is 32.2. The molecule has 6 heteroatoms. The normalized spacial score (nSPS) is 12.2. The minimum Gasteiger partial charge on any atom is -0.423 e. The first-order chi connectivity index (χ1) is 6.11. The largest absolute Gasteiger partial charge is 0.490 e. The van der Waals surface area contributed by atoms with Gasteiger partial charge in [-0.15, -0.1) is 0 Å². The second kappa shape index (κ2) is 4.41. The molecule has 70 valence electrons. The van der Waals surface area contributed by atoms with Gasteiger partial charge >= 0.3 is 7.12 Å². The second-order valence-electron chi connectivity index (χ2n) is 2.52. The number of rotatable bonds is 3. The molecule has 0 aliphatic carbocycles. The fourth-order valence-electron chi connectivity index (χ4n) is 0.970. The second-order valence-corrected chi connectivity index (χ2v) is 3.63. The molecule has 1 unspecified atom stereocenters. The predicted octanol–water partition coefficient (Wildman–Crippen LogP) is -0.928. The quantitative estimate of drug-likeness (QED) is 0.551. The zero-order valence-corrected chi connectivity index (χ0v) is 7.91. The molecule has 3 N–H and O–H groups in total. The Morgan fingerprint density at radius 1 is 1.38 bits per heavy atom. The maximum absolute atomic E-state index is 10.8. The molecule has 0 saturated carbocycles. The Balaban J connectivity index is 2.97. The van der Waals surface area contributed by atoms with E-state index >= 15 is 0 Å². The van der Waals surface area contributed by atoms with Crippen LogP contribution in [0.2, 0.25) is 0 Å². The molecule has 0 fully saturated rings. The van der Waals surface area contributed by atoms with Gasteiger partial charge in [0.05, 0.1) is 0 Å². The highest BCUT2D eigenvalue weighted by molar-refractivity contribution is 7.85. The average Bonchev–Trinajstić information content (AvgIpc) is 2.03. The Morgan fingerprint density at radius 2 is 2.00 bits per heavy atom. The van der Waals surface area contributed by atoms with E-state index in [1.54, 1.807) is 24.3 Å². The number of hydrogen-bond donors (Lipinski definition) is 3. The lowest BCUT2D eigenvalue weighted by Gasteiger charge is -2.08. The van der Waals surface area contributed by atoms with Gasteiger partial charge in [-0.1, -0.05) is 18.2 Å².